The number of aromatic nitrogens is 3. The molecular formula is C11H12ClN3O2. The van der Waals surface area contributed by atoms with Crippen LogP contribution in [0.5, 0.6) is 0 Å². The third-order valence-electron chi connectivity index (χ3n) is 2.30. The van der Waals surface area contributed by atoms with Gasteiger partial charge in [-0.15, -0.1) is 11.6 Å². The van der Waals surface area contributed by atoms with Crippen LogP contribution in [-0.2, 0) is 0 Å². The number of nitrogens with zero attached hydrogens (tertiary/aromatic N) is 2. The first kappa shape index (κ1) is 11.9. The van der Waals surface area contributed by atoms with E-state index in [9.17, 15) is 4.79 Å². The second-order valence-corrected chi connectivity index (χ2v) is 4.18. The minimum absolute atomic E-state index is 0.172. The largest absolute Gasteiger partial charge is 0.334 e. The summed E-state index contributed by atoms with van der Waals surface area (Å²) in [5.74, 6) is 0.840. The predicted octanol–water partition coefficient (Wildman–Crippen LogP) is 2.50. The van der Waals surface area contributed by atoms with E-state index in [1.165, 1.54) is 12.3 Å². The monoisotopic (exact) mass is 253 g/mol. The molecule has 2 rings (SSSR count). The van der Waals surface area contributed by atoms with Crippen LogP contribution in [-0.4, -0.2) is 15.1 Å². The normalized spacial score (nSPS) is 12.6. The van der Waals surface area contributed by atoms with Gasteiger partial charge in [-0.25, -0.2) is 0 Å². The molecule has 0 amide bonds. The van der Waals surface area contributed by atoms with E-state index in [0.29, 0.717) is 17.3 Å². The number of hydrogen-bond donors (Lipinski definition) is 1. The highest BCUT2D eigenvalue weighted by atomic mass is 35.5. The molecule has 0 aromatic carbocycles. The van der Waals surface area contributed by atoms with E-state index >= 15 is 0 Å². The molecule has 5 nitrogen and oxygen atoms in total. The van der Waals surface area contributed by atoms with Crippen molar-refractivity contribution in [2.45, 2.75) is 25.1 Å². The van der Waals surface area contributed by atoms with Crippen molar-refractivity contribution in [3.05, 3.63) is 34.5 Å². The summed E-state index contributed by atoms with van der Waals surface area (Å²) in [5, 5.41) is 3.59. The van der Waals surface area contributed by atoms with Gasteiger partial charge in [0.05, 0.1) is 10.9 Å². The molecule has 0 radical (unpaired) electrons. The zero-order valence-electron chi connectivity index (χ0n) is 9.31. The minimum Gasteiger partial charge on any atom is -0.334 e. The van der Waals surface area contributed by atoms with Crippen LogP contribution in [0.2, 0.25) is 0 Å². The Morgan fingerprint density at radius 3 is 3.00 bits per heavy atom. The molecule has 0 aliphatic carbocycles. The average Bonchev–Trinajstić information content (AvgIpc) is 2.80. The summed E-state index contributed by atoms with van der Waals surface area (Å²) in [6.07, 6.45) is 3.28. The fourth-order valence-corrected chi connectivity index (χ4v) is 1.71. The van der Waals surface area contributed by atoms with Gasteiger partial charge >= 0.3 is 0 Å². The van der Waals surface area contributed by atoms with Gasteiger partial charge in [0.25, 0.3) is 5.89 Å². The number of alkyl halides is 1. The number of nitrogens with one attached hydrogen (secondary N) is 1. The van der Waals surface area contributed by atoms with Gasteiger partial charge < -0.3 is 9.51 Å². The molecule has 0 saturated carbocycles. The summed E-state index contributed by atoms with van der Waals surface area (Å²) < 4.78 is 5.09. The first-order valence-corrected chi connectivity index (χ1v) is 5.81. The Morgan fingerprint density at radius 1 is 1.53 bits per heavy atom. The van der Waals surface area contributed by atoms with Gasteiger partial charge in [-0.2, -0.15) is 4.98 Å². The van der Waals surface area contributed by atoms with E-state index in [2.05, 4.69) is 15.1 Å². The van der Waals surface area contributed by atoms with E-state index < -0.39 is 0 Å². The SMILES string of the molecule is CCCC(Cl)c1noc(-c2ccc(=O)[nH]c2)n1. The third kappa shape index (κ3) is 2.74. The van der Waals surface area contributed by atoms with Gasteiger partial charge in [-0.05, 0) is 12.5 Å². The molecule has 17 heavy (non-hydrogen) atoms. The summed E-state index contributed by atoms with van der Waals surface area (Å²) in [6, 6.07) is 3.03. The molecule has 1 unspecified atom stereocenters. The van der Waals surface area contributed by atoms with Gasteiger partial charge in [0.2, 0.25) is 5.56 Å². The molecule has 0 fully saturated rings. The second kappa shape index (κ2) is 5.14. The van der Waals surface area contributed by atoms with Gasteiger partial charge in [-0.1, -0.05) is 18.5 Å². The van der Waals surface area contributed by atoms with E-state index in [1.54, 1.807) is 6.07 Å². The quantitative estimate of drug-likeness (QED) is 0.850. The Hall–Kier alpha value is -1.62. The number of aromatic amines is 1. The standard InChI is InChI=1S/C11H12ClN3O2/c1-2-3-8(12)10-14-11(17-15-10)7-4-5-9(16)13-6-7/h4-6,8H,2-3H2,1H3,(H,13,16). The van der Waals surface area contributed by atoms with E-state index in [1.807, 2.05) is 6.92 Å². The molecule has 0 saturated heterocycles. The third-order valence-corrected chi connectivity index (χ3v) is 2.71. The zero-order chi connectivity index (χ0) is 12.3. The Kier molecular flexibility index (Phi) is 3.58. The molecule has 6 heteroatoms. The molecule has 2 aromatic heterocycles. The summed E-state index contributed by atoms with van der Waals surface area (Å²) >= 11 is 6.09. The van der Waals surface area contributed by atoms with Crippen LogP contribution >= 0.6 is 11.6 Å². The Labute approximate surface area is 103 Å². The summed E-state index contributed by atoms with van der Waals surface area (Å²) in [7, 11) is 0. The van der Waals surface area contributed by atoms with Gasteiger partial charge in [0, 0.05) is 12.3 Å². The Balaban J connectivity index is 2.23. The first-order chi connectivity index (χ1) is 8.20. The molecule has 0 aliphatic heterocycles. The lowest BCUT2D eigenvalue weighted by atomic mass is 10.2. The molecule has 90 valence electrons. The lowest BCUT2D eigenvalue weighted by Gasteiger charge is -1.99. The topological polar surface area (TPSA) is 71.8 Å². The Morgan fingerprint density at radius 2 is 2.35 bits per heavy atom. The summed E-state index contributed by atoms with van der Waals surface area (Å²) in [6.45, 7) is 2.04. The zero-order valence-corrected chi connectivity index (χ0v) is 10.1. The number of halogens is 1. The van der Waals surface area contributed by atoms with E-state index in [-0.39, 0.29) is 10.9 Å². The average molecular weight is 254 g/mol. The maximum atomic E-state index is 10.9. The molecule has 0 spiro atoms. The summed E-state index contributed by atoms with van der Waals surface area (Å²) in [5.41, 5.74) is 0.499. The van der Waals surface area contributed by atoms with Crippen molar-refractivity contribution in [2.24, 2.45) is 0 Å². The van der Waals surface area contributed by atoms with Crippen LogP contribution in [0.1, 0.15) is 31.0 Å². The molecule has 0 bridgehead atoms. The highest BCUT2D eigenvalue weighted by Gasteiger charge is 2.15. The highest BCUT2D eigenvalue weighted by molar-refractivity contribution is 6.20. The lowest BCUT2D eigenvalue weighted by molar-refractivity contribution is 0.420. The van der Waals surface area contributed by atoms with Crippen LogP contribution in [0.25, 0.3) is 11.5 Å². The van der Waals surface area contributed by atoms with Crippen molar-refractivity contribution in [3.8, 4) is 11.5 Å². The smallest absolute Gasteiger partial charge is 0.259 e. The number of hydrogen-bond acceptors (Lipinski definition) is 4. The maximum Gasteiger partial charge on any atom is 0.259 e. The van der Waals surface area contributed by atoms with Crippen LogP contribution < -0.4 is 5.56 Å². The molecule has 1 N–H and O–H groups in total. The molecule has 0 aliphatic rings. The van der Waals surface area contributed by atoms with Gasteiger partial charge in [0.1, 0.15) is 0 Å². The number of pyridine rings is 1. The molecule has 2 heterocycles. The summed E-state index contributed by atoms with van der Waals surface area (Å²) in [4.78, 5) is 17.7. The van der Waals surface area contributed by atoms with Crippen molar-refractivity contribution in [3.63, 3.8) is 0 Å². The van der Waals surface area contributed by atoms with Crippen LogP contribution in [0.15, 0.2) is 27.6 Å². The van der Waals surface area contributed by atoms with Crippen LogP contribution in [0.3, 0.4) is 0 Å². The fourth-order valence-electron chi connectivity index (χ4n) is 1.41. The van der Waals surface area contributed by atoms with Crippen molar-refractivity contribution < 1.29 is 4.52 Å². The van der Waals surface area contributed by atoms with Crippen molar-refractivity contribution in [1.82, 2.24) is 15.1 Å². The number of H-pyrrole nitrogens is 1. The van der Waals surface area contributed by atoms with Gasteiger partial charge in [-0.3, -0.25) is 4.79 Å². The molecular weight excluding hydrogens is 242 g/mol. The van der Waals surface area contributed by atoms with Gasteiger partial charge in [0.15, 0.2) is 5.82 Å². The van der Waals surface area contributed by atoms with Crippen LogP contribution in [0.4, 0.5) is 0 Å². The van der Waals surface area contributed by atoms with Crippen molar-refractivity contribution in [2.75, 3.05) is 0 Å². The van der Waals surface area contributed by atoms with E-state index in [4.69, 9.17) is 16.1 Å². The molecule has 1 atom stereocenters. The molecule has 2 aromatic rings. The highest BCUT2D eigenvalue weighted by Crippen LogP contribution is 2.25. The fraction of sp³-hybridized carbons (Fsp3) is 0.364. The minimum atomic E-state index is -0.236. The van der Waals surface area contributed by atoms with Crippen molar-refractivity contribution >= 4 is 11.6 Å². The predicted molar refractivity (Wildman–Crippen MR) is 63.9 cm³/mol. The first-order valence-electron chi connectivity index (χ1n) is 5.37. The van der Waals surface area contributed by atoms with E-state index in [0.717, 1.165) is 12.8 Å². The van der Waals surface area contributed by atoms with Crippen LogP contribution in [0, 0.1) is 0 Å². The lowest BCUT2D eigenvalue weighted by Crippen LogP contribution is -2.01. The number of rotatable bonds is 4. The van der Waals surface area contributed by atoms with Crippen molar-refractivity contribution in [1.29, 1.82) is 0 Å². The second-order valence-electron chi connectivity index (χ2n) is 3.66. The maximum absolute atomic E-state index is 10.9. The Bertz CT molecular complexity index is 529.